The zero-order valence-electron chi connectivity index (χ0n) is 13.0. The lowest BCUT2D eigenvalue weighted by Crippen LogP contribution is -2.08. The van der Waals surface area contributed by atoms with Crippen LogP contribution in [0.5, 0.6) is 0 Å². The number of nitrogens with two attached hydrogens (primary N) is 1. The van der Waals surface area contributed by atoms with Gasteiger partial charge in [0.05, 0.1) is 17.6 Å². The van der Waals surface area contributed by atoms with Crippen LogP contribution in [-0.2, 0) is 6.42 Å². The maximum atomic E-state index is 5.58. The molecule has 3 aromatic rings. The van der Waals surface area contributed by atoms with Crippen molar-refractivity contribution in [1.29, 1.82) is 0 Å². The summed E-state index contributed by atoms with van der Waals surface area (Å²) >= 11 is 0. The number of aryl methyl sites for hydroxylation is 1. The molecule has 1 aromatic carbocycles. The SMILES string of the molecule is CN(C)c1cccc(-c2cnc3ccc(CCCN)nn23)c1. The molecule has 0 aliphatic rings. The molecule has 114 valence electrons. The van der Waals surface area contributed by atoms with E-state index in [4.69, 9.17) is 10.8 Å². The van der Waals surface area contributed by atoms with E-state index in [9.17, 15) is 0 Å². The molecule has 22 heavy (non-hydrogen) atoms. The van der Waals surface area contributed by atoms with Crippen LogP contribution in [0.3, 0.4) is 0 Å². The van der Waals surface area contributed by atoms with Gasteiger partial charge in [-0.3, -0.25) is 0 Å². The van der Waals surface area contributed by atoms with Crippen LogP contribution in [0.4, 0.5) is 5.69 Å². The number of hydrogen-bond donors (Lipinski definition) is 1. The number of hydrogen-bond acceptors (Lipinski definition) is 4. The van der Waals surface area contributed by atoms with Crippen molar-refractivity contribution in [2.24, 2.45) is 5.73 Å². The number of aromatic nitrogens is 3. The monoisotopic (exact) mass is 295 g/mol. The number of rotatable bonds is 5. The van der Waals surface area contributed by atoms with Crippen LogP contribution >= 0.6 is 0 Å². The van der Waals surface area contributed by atoms with Gasteiger partial charge in [-0.1, -0.05) is 12.1 Å². The molecule has 5 heteroatoms. The Morgan fingerprint density at radius 1 is 1.18 bits per heavy atom. The van der Waals surface area contributed by atoms with Crippen LogP contribution in [0.1, 0.15) is 12.1 Å². The van der Waals surface area contributed by atoms with E-state index >= 15 is 0 Å². The van der Waals surface area contributed by atoms with Crippen LogP contribution in [0.25, 0.3) is 16.9 Å². The van der Waals surface area contributed by atoms with Crippen molar-refractivity contribution in [3.63, 3.8) is 0 Å². The van der Waals surface area contributed by atoms with Crippen LogP contribution in [0.15, 0.2) is 42.6 Å². The second kappa shape index (κ2) is 6.15. The summed E-state index contributed by atoms with van der Waals surface area (Å²) in [6, 6.07) is 12.4. The van der Waals surface area contributed by atoms with Crippen LogP contribution in [0.2, 0.25) is 0 Å². The minimum atomic E-state index is 0.682. The predicted octanol–water partition coefficient (Wildman–Crippen LogP) is 2.35. The Balaban J connectivity index is 2.04. The van der Waals surface area contributed by atoms with Gasteiger partial charge in [0.2, 0.25) is 0 Å². The third-order valence-electron chi connectivity index (χ3n) is 3.71. The third kappa shape index (κ3) is 2.80. The Morgan fingerprint density at radius 2 is 2.05 bits per heavy atom. The minimum absolute atomic E-state index is 0.682. The van der Waals surface area contributed by atoms with E-state index in [0.29, 0.717) is 6.54 Å². The van der Waals surface area contributed by atoms with Gasteiger partial charge in [-0.05, 0) is 43.7 Å². The molecule has 0 bridgehead atoms. The Kier molecular flexibility index (Phi) is 4.06. The number of benzene rings is 1. The van der Waals surface area contributed by atoms with Crippen molar-refractivity contribution in [3.05, 3.63) is 48.3 Å². The lowest BCUT2D eigenvalue weighted by atomic mass is 10.1. The van der Waals surface area contributed by atoms with Gasteiger partial charge in [0.15, 0.2) is 5.65 Å². The van der Waals surface area contributed by atoms with Crippen molar-refractivity contribution >= 4 is 11.3 Å². The van der Waals surface area contributed by atoms with Crippen molar-refractivity contribution < 1.29 is 0 Å². The average Bonchev–Trinajstić information content (AvgIpc) is 2.96. The molecule has 2 heterocycles. The van der Waals surface area contributed by atoms with Gasteiger partial charge >= 0.3 is 0 Å². The highest BCUT2D eigenvalue weighted by molar-refractivity contribution is 5.67. The van der Waals surface area contributed by atoms with Gasteiger partial charge < -0.3 is 10.6 Å². The van der Waals surface area contributed by atoms with Gasteiger partial charge in [0, 0.05) is 25.3 Å². The molecule has 5 nitrogen and oxygen atoms in total. The first-order valence-corrected chi connectivity index (χ1v) is 7.50. The predicted molar refractivity (Wildman–Crippen MR) is 90.1 cm³/mol. The summed E-state index contributed by atoms with van der Waals surface area (Å²) in [5.74, 6) is 0. The molecule has 0 atom stereocenters. The first-order chi connectivity index (χ1) is 10.7. The van der Waals surface area contributed by atoms with Crippen molar-refractivity contribution in [3.8, 4) is 11.3 Å². The zero-order valence-corrected chi connectivity index (χ0v) is 13.0. The number of fused-ring (bicyclic) bond motifs is 1. The van der Waals surface area contributed by atoms with Gasteiger partial charge in [-0.15, -0.1) is 0 Å². The first-order valence-electron chi connectivity index (χ1n) is 7.50. The van der Waals surface area contributed by atoms with E-state index in [-0.39, 0.29) is 0 Å². The normalized spacial score (nSPS) is 11.0. The van der Waals surface area contributed by atoms with E-state index in [1.807, 2.05) is 36.9 Å². The summed E-state index contributed by atoms with van der Waals surface area (Å²) in [5, 5.41) is 4.71. The molecular weight excluding hydrogens is 274 g/mol. The summed E-state index contributed by atoms with van der Waals surface area (Å²) < 4.78 is 1.92. The summed E-state index contributed by atoms with van der Waals surface area (Å²) in [5.41, 5.74) is 10.8. The fourth-order valence-electron chi connectivity index (χ4n) is 2.47. The molecule has 0 aliphatic heterocycles. The lowest BCUT2D eigenvalue weighted by Gasteiger charge is -2.13. The Bertz CT molecular complexity index is 776. The van der Waals surface area contributed by atoms with E-state index in [2.05, 4.69) is 34.1 Å². The zero-order chi connectivity index (χ0) is 15.5. The van der Waals surface area contributed by atoms with Crippen LogP contribution in [-0.4, -0.2) is 35.2 Å². The van der Waals surface area contributed by atoms with Gasteiger partial charge in [-0.2, -0.15) is 5.10 Å². The molecule has 0 spiro atoms. The molecule has 0 aliphatic carbocycles. The molecule has 0 saturated carbocycles. The quantitative estimate of drug-likeness (QED) is 0.785. The lowest BCUT2D eigenvalue weighted by molar-refractivity contribution is 0.774. The van der Waals surface area contributed by atoms with E-state index in [1.54, 1.807) is 0 Å². The number of nitrogens with zero attached hydrogens (tertiary/aromatic N) is 4. The van der Waals surface area contributed by atoms with Crippen molar-refractivity contribution in [2.75, 3.05) is 25.5 Å². The molecule has 3 rings (SSSR count). The van der Waals surface area contributed by atoms with Gasteiger partial charge in [0.1, 0.15) is 0 Å². The topological polar surface area (TPSA) is 59.5 Å². The Morgan fingerprint density at radius 3 is 2.82 bits per heavy atom. The Labute approximate surface area is 130 Å². The van der Waals surface area contributed by atoms with Crippen molar-refractivity contribution in [1.82, 2.24) is 14.6 Å². The standard InChI is InChI=1S/C17H21N5/c1-21(2)15-7-3-5-13(11-15)16-12-19-17-9-8-14(6-4-10-18)20-22(16)17/h3,5,7-9,11-12H,4,6,10,18H2,1-2H3. The highest BCUT2D eigenvalue weighted by atomic mass is 15.3. The summed E-state index contributed by atoms with van der Waals surface area (Å²) in [6.45, 7) is 0.682. The summed E-state index contributed by atoms with van der Waals surface area (Å²) in [4.78, 5) is 6.54. The van der Waals surface area contributed by atoms with E-state index in [1.165, 1.54) is 0 Å². The molecule has 2 aromatic heterocycles. The summed E-state index contributed by atoms with van der Waals surface area (Å²) in [6.07, 6.45) is 3.71. The van der Waals surface area contributed by atoms with Crippen LogP contribution in [0, 0.1) is 0 Å². The van der Waals surface area contributed by atoms with Gasteiger partial charge in [-0.25, -0.2) is 9.50 Å². The largest absolute Gasteiger partial charge is 0.378 e. The van der Waals surface area contributed by atoms with Gasteiger partial charge in [0.25, 0.3) is 0 Å². The maximum absolute atomic E-state index is 5.58. The highest BCUT2D eigenvalue weighted by Crippen LogP contribution is 2.24. The second-order valence-electron chi connectivity index (χ2n) is 5.58. The molecule has 2 N–H and O–H groups in total. The van der Waals surface area contributed by atoms with E-state index in [0.717, 1.165) is 41.1 Å². The molecular formula is C17H21N5. The first kappa shape index (κ1) is 14.5. The average molecular weight is 295 g/mol. The minimum Gasteiger partial charge on any atom is -0.378 e. The fourth-order valence-corrected chi connectivity index (χ4v) is 2.47. The van der Waals surface area contributed by atoms with Crippen LogP contribution < -0.4 is 10.6 Å². The molecule has 0 saturated heterocycles. The molecule has 0 amide bonds. The second-order valence-corrected chi connectivity index (χ2v) is 5.58. The Hall–Kier alpha value is -2.40. The molecule has 0 unspecified atom stereocenters. The van der Waals surface area contributed by atoms with Crippen molar-refractivity contribution in [2.45, 2.75) is 12.8 Å². The third-order valence-corrected chi connectivity index (χ3v) is 3.71. The number of anilines is 1. The molecule has 0 fully saturated rings. The maximum Gasteiger partial charge on any atom is 0.154 e. The summed E-state index contributed by atoms with van der Waals surface area (Å²) in [7, 11) is 4.08. The molecule has 0 radical (unpaired) electrons. The number of imidazole rings is 1. The van der Waals surface area contributed by atoms with E-state index < -0.39 is 0 Å². The fraction of sp³-hybridized carbons (Fsp3) is 0.294. The highest BCUT2D eigenvalue weighted by Gasteiger charge is 2.09. The smallest absolute Gasteiger partial charge is 0.154 e.